The number of allylic oxidation sites excluding steroid dienone is 2. The molecule has 152 valence electrons. The Bertz CT molecular complexity index is 682. The highest BCUT2D eigenvalue weighted by Gasteiger charge is 2.68. The predicted molar refractivity (Wildman–Crippen MR) is 102 cm³/mol. The van der Waals surface area contributed by atoms with Crippen LogP contribution in [0.5, 0.6) is 0 Å². The van der Waals surface area contributed by atoms with Crippen molar-refractivity contribution in [2.75, 3.05) is 6.61 Å². The fraction of sp³-hybridized carbons (Fsp3) is 0.818. The molecule has 0 aromatic heterocycles. The van der Waals surface area contributed by atoms with Crippen LogP contribution in [0.4, 0.5) is 0 Å². The molecule has 5 heteroatoms. The second kappa shape index (κ2) is 6.14. The topological polar surface area (TPSA) is 93.5 Å². The molecule has 2 fully saturated rings. The summed E-state index contributed by atoms with van der Waals surface area (Å²) in [6, 6.07) is 0. The zero-order valence-electron chi connectivity index (χ0n) is 16.9. The Morgan fingerprint density at radius 1 is 1.19 bits per heavy atom. The second-order valence-corrected chi connectivity index (χ2v) is 10.2. The molecule has 0 aromatic carbocycles. The van der Waals surface area contributed by atoms with E-state index in [-0.39, 0.29) is 29.5 Å². The van der Waals surface area contributed by atoms with Crippen LogP contribution in [0.1, 0.15) is 53.4 Å². The van der Waals surface area contributed by atoms with Gasteiger partial charge in [0.25, 0.3) is 0 Å². The van der Waals surface area contributed by atoms with Crippen LogP contribution < -0.4 is 0 Å². The van der Waals surface area contributed by atoms with E-state index in [1.165, 1.54) is 5.57 Å². The van der Waals surface area contributed by atoms with Gasteiger partial charge in [-0.25, -0.2) is 0 Å². The average Bonchev–Trinajstić information content (AvgIpc) is 3.35. The Morgan fingerprint density at radius 2 is 1.89 bits per heavy atom. The molecular weight excluding hydrogens is 344 g/mol. The Hall–Kier alpha value is -0.720. The van der Waals surface area contributed by atoms with Crippen molar-refractivity contribution in [1.29, 1.82) is 0 Å². The van der Waals surface area contributed by atoms with E-state index in [0.29, 0.717) is 17.9 Å². The maximum absolute atomic E-state index is 10.7. The van der Waals surface area contributed by atoms with Gasteiger partial charge in [-0.2, -0.15) is 0 Å². The minimum atomic E-state index is -0.848. The van der Waals surface area contributed by atoms with Crippen molar-refractivity contribution in [3.05, 3.63) is 23.3 Å². The lowest BCUT2D eigenvalue weighted by atomic mass is 9.47. The smallest absolute Gasteiger partial charge is 0.128 e. The summed E-state index contributed by atoms with van der Waals surface area (Å²) in [5, 5.41) is 41.2. The monoisotopic (exact) mass is 378 g/mol. The summed E-state index contributed by atoms with van der Waals surface area (Å²) in [5.41, 5.74) is 0.880. The lowest BCUT2D eigenvalue weighted by Crippen LogP contribution is -2.55. The Labute approximate surface area is 161 Å². The van der Waals surface area contributed by atoms with Crippen LogP contribution in [-0.4, -0.2) is 57.0 Å². The normalized spacial score (nSPS) is 51.0. The molecule has 4 aliphatic rings. The van der Waals surface area contributed by atoms with Crippen LogP contribution in [0.3, 0.4) is 0 Å². The number of hydrogen-bond acceptors (Lipinski definition) is 5. The second-order valence-electron chi connectivity index (χ2n) is 10.2. The van der Waals surface area contributed by atoms with Crippen LogP contribution in [0.25, 0.3) is 0 Å². The molecule has 27 heavy (non-hydrogen) atoms. The van der Waals surface area contributed by atoms with Gasteiger partial charge in [0.1, 0.15) is 23.9 Å². The first-order chi connectivity index (χ1) is 12.6. The zero-order chi connectivity index (χ0) is 19.8. The molecule has 8 atom stereocenters. The van der Waals surface area contributed by atoms with Gasteiger partial charge in [-0.1, -0.05) is 32.4 Å². The highest BCUT2D eigenvalue weighted by atomic mass is 16.6. The molecule has 1 saturated carbocycles. The molecule has 0 bridgehead atoms. The average molecular weight is 379 g/mol. The van der Waals surface area contributed by atoms with Crippen molar-refractivity contribution in [3.8, 4) is 0 Å². The van der Waals surface area contributed by atoms with E-state index in [2.05, 4.69) is 33.8 Å². The predicted octanol–water partition coefficient (Wildman–Crippen LogP) is 1.94. The standard InChI is InChI=1S/C22H34O5/c1-12-5-6-15-20(2,3)16(24)7-8-21(15,4)14(12)10-22-17(25)9-13(11-23)18(26)19(22)27-22/h5,9,14-19,23-26H,6-8,10-11H2,1-4H3/t14-,15+,16-,17-,18+,19-,21+,22-/m0/s1. The van der Waals surface area contributed by atoms with Crippen LogP contribution in [0.2, 0.25) is 0 Å². The molecule has 0 amide bonds. The summed E-state index contributed by atoms with van der Waals surface area (Å²) in [4.78, 5) is 0. The van der Waals surface area contributed by atoms with E-state index in [1.54, 1.807) is 6.08 Å². The van der Waals surface area contributed by atoms with E-state index in [9.17, 15) is 20.4 Å². The Kier molecular flexibility index (Phi) is 4.45. The van der Waals surface area contributed by atoms with E-state index < -0.39 is 23.9 Å². The van der Waals surface area contributed by atoms with Crippen molar-refractivity contribution in [3.63, 3.8) is 0 Å². The zero-order valence-corrected chi connectivity index (χ0v) is 16.9. The molecule has 4 N–H and O–H groups in total. The molecule has 3 aliphatic carbocycles. The third kappa shape index (κ3) is 2.62. The molecule has 1 saturated heterocycles. The molecule has 0 spiro atoms. The van der Waals surface area contributed by atoms with Crippen molar-refractivity contribution >= 4 is 0 Å². The minimum Gasteiger partial charge on any atom is -0.393 e. The van der Waals surface area contributed by atoms with Gasteiger partial charge in [0.05, 0.1) is 12.7 Å². The maximum atomic E-state index is 10.7. The molecule has 0 radical (unpaired) electrons. The molecule has 1 aliphatic heterocycles. The maximum Gasteiger partial charge on any atom is 0.128 e. The van der Waals surface area contributed by atoms with Gasteiger partial charge in [-0.3, -0.25) is 0 Å². The first kappa shape index (κ1) is 19.6. The van der Waals surface area contributed by atoms with E-state index in [1.807, 2.05) is 0 Å². The van der Waals surface area contributed by atoms with Crippen LogP contribution >= 0.6 is 0 Å². The molecule has 0 aromatic rings. The summed E-state index contributed by atoms with van der Waals surface area (Å²) in [6.45, 7) is 8.59. The van der Waals surface area contributed by atoms with Crippen LogP contribution in [0, 0.1) is 22.7 Å². The largest absolute Gasteiger partial charge is 0.393 e. The molecule has 4 rings (SSSR count). The van der Waals surface area contributed by atoms with Gasteiger partial charge < -0.3 is 25.2 Å². The SMILES string of the molecule is CC1=CC[C@@H]2C(C)(C)[C@@H](O)CC[C@]2(C)[C@H]1C[C@@]12O[C@H]1[C@H](O)C(CO)=C[C@@H]2O. The fourth-order valence-corrected chi connectivity index (χ4v) is 6.59. The van der Waals surface area contributed by atoms with Gasteiger partial charge in [0, 0.05) is 0 Å². The quantitative estimate of drug-likeness (QED) is 0.445. The number of hydrogen-bond donors (Lipinski definition) is 4. The summed E-state index contributed by atoms with van der Waals surface area (Å²) < 4.78 is 5.93. The van der Waals surface area contributed by atoms with Gasteiger partial charge >= 0.3 is 0 Å². The molecule has 5 nitrogen and oxygen atoms in total. The number of rotatable bonds is 3. The van der Waals surface area contributed by atoms with Crippen molar-refractivity contribution in [2.24, 2.45) is 22.7 Å². The van der Waals surface area contributed by atoms with Crippen LogP contribution in [-0.2, 0) is 4.74 Å². The van der Waals surface area contributed by atoms with E-state index in [0.717, 1.165) is 19.3 Å². The first-order valence-corrected chi connectivity index (χ1v) is 10.3. The summed E-state index contributed by atoms with van der Waals surface area (Å²) in [5.74, 6) is 0.601. The van der Waals surface area contributed by atoms with E-state index in [4.69, 9.17) is 4.74 Å². The molecule has 0 unspecified atom stereocenters. The van der Waals surface area contributed by atoms with Crippen molar-refractivity contribution < 1.29 is 25.2 Å². The summed E-state index contributed by atoms with van der Waals surface area (Å²) in [6.07, 6.45) is 4.85. The minimum absolute atomic E-state index is 0.0262. The van der Waals surface area contributed by atoms with E-state index >= 15 is 0 Å². The third-order valence-corrected chi connectivity index (χ3v) is 8.55. The summed E-state index contributed by atoms with van der Waals surface area (Å²) in [7, 11) is 0. The highest BCUT2D eigenvalue weighted by Crippen LogP contribution is 2.63. The lowest BCUT2D eigenvalue weighted by molar-refractivity contribution is -0.119. The summed E-state index contributed by atoms with van der Waals surface area (Å²) >= 11 is 0. The molecular formula is C22H34O5. The van der Waals surface area contributed by atoms with Crippen molar-refractivity contribution in [1.82, 2.24) is 0 Å². The third-order valence-electron chi connectivity index (χ3n) is 8.55. The van der Waals surface area contributed by atoms with Gasteiger partial charge in [0.2, 0.25) is 0 Å². The van der Waals surface area contributed by atoms with Gasteiger partial charge in [-0.05, 0) is 66.9 Å². The number of epoxide rings is 1. The highest BCUT2D eigenvalue weighted by molar-refractivity contribution is 5.33. The number of ether oxygens (including phenoxy) is 1. The Morgan fingerprint density at radius 3 is 2.56 bits per heavy atom. The fourth-order valence-electron chi connectivity index (χ4n) is 6.59. The van der Waals surface area contributed by atoms with Crippen molar-refractivity contribution in [2.45, 2.75) is 83.4 Å². The lowest BCUT2D eigenvalue weighted by Gasteiger charge is -2.58. The Balaban J connectivity index is 1.65. The van der Waals surface area contributed by atoms with Crippen LogP contribution in [0.15, 0.2) is 23.3 Å². The van der Waals surface area contributed by atoms with Gasteiger partial charge in [-0.15, -0.1) is 0 Å². The first-order valence-electron chi connectivity index (χ1n) is 10.3. The number of fused-ring (bicyclic) bond motifs is 2. The number of aliphatic hydroxyl groups excluding tert-OH is 4. The number of aliphatic hydroxyl groups is 4. The molecule has 1 heterocycles. The van der Waals surface area contributed by atoms with Gasteiger partial charge in [0.15, 0.2) is 0 Å².